The molecule has 1 saturated heterocycles. The summed E-state index contributed by atoms with van der Waals surface area (Å²) >= 11 is 0. The zero-order valence-corrected chi connectivity index (χ0v) is 17.4. The average Bonchev–Trinajstić information content (AvgIpc) is 3.31. The van der Waals surface area contributed by atoms with E-state index in [2.05, 4.69) is 36.6 Å². The van der Waals surface area contributed by atoms with Crippen molar-refractivity contribution in [2.24, 2.45) is 0 Å². The van der Waals surface area contributed by atoms with Gasteiger partial charge >= 0.3 is 0 Å². The van der Waals surface area contributed by atoms with Crippen LogP contribution in [0, 0.1) is 0 Å². The van der Waals surface area contributed by atoms with E-state index in [1.165, 1.54) is 0 Å². The molecule has 156 valence electrons. The van der Waals surface area contributed by atoms with Gasteiger partial charge in [-0.2, -0.15) is 0 Å². The summed E-state index contributed by atoms with van der Waals surface area (Å²) in [6.45, 7) is 1.75. The molecule has 1 aromatic carbocycles. The summed E-state index contributed by atoms with van der Waals surface area (Å²) in [5.74, 6) is 3.29. The lowest BCUT2D eigenvalue weighted by atomic mass is 10.2. The number of pyridine rings is 1. The Morgan fingerprint density at radius 2 is 2.03 bits per heavy atom. The van der Waals surface area contributed by atoms with Crippen LogP contribution in [0.15, 0.2) is 61.2 Å². The fourth-order valence-electron chi connectivity index (χ4n) is 4.04. The van der Waals surface area contributed by atoms with Crippen molar-refractivity contribution in [3.05, 3.63) is 61.2 Å². The molecule has 1 fully saturated rings. The van der Waals surface area contributed by atoms with E-state index in [4.69, 9.17) is 9.97 Å². The number of hydrogen-bond acceptors (Lipinski definition) is 8. The molecule has 0 spiro atoms. The number of nitrogens with zero attached hydrogens (tertiary/aromatic N) is 6. The summed E-state index contributed by atoms with van der Waals surface area (Å²) in [5.41, 5.74) is 1.82. The van der Waals surface area contributed by atoms with Crippen LogP contribution in [0.25, 0.3) is 22.3 Å². The van der Waals surface area contributed by atoms with Gasteiger partial charge in [0.05, 0.1) is 5.52 Å². The van der Waals surface area contributed by atoms with Crippen LogP contribution >= 0.6 is 0 Å². The number of benzene rings is 1. The van der Waals surface area contributed by atoms with Crippen molar-refractivity contribution < 1.29 is 0 Å². The number of nitrogens with one attached hydrogen (secondary N) is 2. The minimum atomic E-state index is 0.329. The number of aromatic nitrogens is 5. The second-order valence-corrected chi connectivity index (χ2v) is 7.54. The normalized spacial score (nSPS) is 15.9. The summed E-state index contributed by atoms with van der Waals surface area (Å²) in [6.07, 6.45) is 7.40. The van der Waals surface area contributed by atoms with Crippen LogP contribution in [0.1, 0.15) is 12.8 Å². The van der Waals surface area contributed by atoms with Crippen LogP contribution in [0.3, 0.4) is 0 Å². The molecule has 1 unspecified atom stereocenters. The Kier molecular flexibility index (Phi) is 5.26. The fourth-order valence-corrected chi connectivity index (χ4v) is 4.04. The van der Waals surface area contributed by atoms with E-state index >= 15 is 0 Å². The number of anilines is 3. The Bertz CT molecular complexity index is 1180. The largest absolute Gasteiger partial charge is 0.373 e. The lowest BCUT2D eigenvalue weighted by Gasteiger charge is -2.26. The van der Waals surface area contributed by atoms with Gasteiger partial charge in [0.1, 0.15) is 23.8 Å². The maximum atomic E-state index is 4.84. The first-order valence-corrected chi connectivity index (χ1v) is 10.5. The van der Waals surface area contributed by atoms with Crippen molar-refractivity contribution in [1.29, 1.82) is 0 Å². The Labute approximate surface area is 180 Å². The highest BCUT2D eigenvalue weighted by Crippen LogP contribution is 2.27. The number of para-hydroxylation sites is 1. The van der Waals surface area contributed by atoms with E-state index in [1.807, 2.05) is 43.4 Å². The molecule has 0 bridgehead atoms. The molecule has 8 heteroatoms. The SMILES string of the molecule is CNc1cc(N2CCCC2CNc2nc(-c3cccnc3)nc3ccccc23)ncn1. The predicted octanol–water partition coefficient (Wildman–Crippen LogP) is 3.60. The topological polar surface area (TPSA) is 91.8 Å². The van der Waals surface area contributed by atoms with E-state index in [0.717, 1.165) is 59.9 Å². The van der Waals surface area contributed by atoms with Crippen LogP contribution in [0.5, 0.6) is 0 Å². The standard InChI is InChI=1S/C23H24N8/c1-24-20-12-21(28-15-27-20)31-11-5-7-17(31)14-26-23-18-8-2-3-9-19(18)29-22(30-23)16-6-4-10-25-13-16/h2-4,6,8-10,12-13,15,17H,5,7,11,14H2,1H3,(H,24,27,28)(H,26,29,30). The minimum Gasteiger partial charge on any atom is -0.373 e. The molecular formula is C23H24N8. The van der Waals surface area contributed by atoms with Crippen molar-refractivity contribution in [1.82, 2.24) is 24.9 Å². The van der Waals surface area contributed by atoms with Gasteiger partial charge in [-0.15, -0.1) is 0 Å². The minimum absolute atomic E-state index is 0.329. The van der Waals surface area contributed by atoms with Gasteiger partial charge in [-0.05, 0) is 37.1 Å². The molecule has 0 amide bonds. The van der Waals surface area contributed by atoms with Crippen molar-refractivity contribution in [2.75, 3.05) is 35.7 Å². The molecule has 0 saturated carbocycles. The van der Waals surface area contributed by atoms with Gasteiger partial charge < -0.3 is 15.5 Å². The van der Waals surface area contributed by atoms with Crippen LogP contribution < -0.4 is 15.5 Å². The van der Waals surface area contributed by atoms with Crippen molar-refractivity contribution in [3.63, 3.8) is 0 Å². The molecule has 4 heterocycles. The summed E-state index contributed by atoms with van der Waals surface area (Å²) in [4.78, 5) is 24.9. The first-order valence-electron chi connectivity index (χ1n) is 10.5. The Hall–Kier alpha value is -3.81. The van der Waals surface area contributed by atoms with E-state index in [1.54, 1.807) is 18.7 Å². The van der Waals surface area contributed by atoms with Gasteiger partial charge in [0.25, 0.3) is 0 Å². The summed E-state index contributed by atoms with van der Waals surface area (Å²) in [5, 5.41) is 7.70. The Morgan fingerprint density at radius 3 is 2.90 bits per heavy atom. The molecule has 5 rings (SSSR count). The highest BCUT2D eigenvalue weighted by molar-refractivity contribution is 5.90. The van der Waals surface area contributed by atoms with Crippen LogP contribution in [0.4, 0.5) is 17.5 Å². The monoisotopic (exact) mass is 412 g/mol. The van der Waals surface area contributed by atoms with Gasteiger partial charge in [0.15, 0.2) is 5.82 Å². The third kappa shape index (κ3) is 3.96. The first-order chi connectivity index (χ1) is 15.3. The predicted molar refractivity (Wildman–Crippen MR) is 123 cm³/mol. The summed E-state index contributed by atoms with van der Waals surface area (Å²) in [6, 6.07) is 14.3. The molecule has 3 aromatic heterocycles. The van der Waals surface area contributed by atoms with Gasteiger partial charge in [0.2, 0.25) is 0 Å². The average molecular weight is 413 g/mol. The fraction of sp³-hybridized carbons (Fsp3) is 0.261. The molecule has 1 atom stereocenters. The summed E-state index contributed by atoms with van der Waals surface area (Å²) in [7, 11) is 1.87. The maximum Gasteiger partial charge on any atom is 0.163 e. The Morgan fingerprint density at radius 1 is 1.10 bits per heavy atom. The third-order valence-electron chi connectivity index (χ3n) is 5.61. The molecule has 1 aliphatic heterocycles. The lowest BCUT2D eigenvalue weighted by Crippen LogP contribution is -2.35. The molecule has 31 heavy (non-hydrogen) atoms. The molecule has 8 nitrogen and oxygen atoms in total. The highest BCUT2D eigenvalue weighted by atomic mass is 15.3. The first kappa shape index (κ1) is 19.2. The molecule has 2 N–H and O–H groups in total. The third-order valence-corrected chi connectivity index (χ3v) is 5.61. The molecule has 0 radical (unpaired) electrons. The maximum absolute atomic E-state index is 4.84. The van der Waals surface area contributed by atoms with E-state index < -0.39 is 0 Å². The zero-order valence-electron chi connectivity index (χ0n) is 17.4. The zero-order chi connectivity index (χ0) is 21.0. The quantitative estimate of drug-likeness (QED) is 0.496. The summed E-state index contributed by atoms with van der Waals surface area (Å²) < 4.78 is 0. The number of rotatable bonds is 6. The molecular weight excluding hydrogens is 388 g/mol. The van der Waals surface area contributed by atoms with Crippen LogP contribution in [-0.2, 0) is 0 Å². The lowest BCUT2D eigenvalue weighted by molar-refractivity contribution is 0.689. The molecule has 4 aromatic rings. The second-order valence-electron chi connectivity index (χ2n) is 7.54. The number of hydrogen-bond donors (Lipinski definition) is 2. The Balaban J connectivity index is 1.42. The van der Waals surface area contributed by atoms with E-state index in [-0.39, 0.29) is 0 Å². The second kappa shape index (κ2) is 8.51. The van der Waals surface area contributed by atoms with Crippen LogP contribution in [0.2, 0.25) is 0 Å². The van der Waals surface area contributed by atoms with Gasteiger partial charge in [-0.3, -0.25) is 4.98 Å². The smallest absolute Gasteiger partial charge is 0.163 e. The van der Waals surface area contributed by atoms with E-state index in [9.17, 15) is 0 Å². The van der Waals surface area contributed by atoms with Gasteiger partial charge in [0, 0.05) is 55.6 Å². The van der Waals surface area contributed by atoms with Crippen LogP contribution in [-0.4, -0.2) is 51.1 Å². The molecule has 0 aliphatic carbocycles. The van der Waals surface area contributed by atoms with Crippen molar-refractivity contribution >= 4 is 28.4 Å². The van der Waals surface area contributed by atoms with Crippen molar-refractivity contribution in [2.45, 2.75) is 18.9 Å². The highest BCUT2D eigenvalue weighted by Gasteiger charge is 2.26. The van der Waals surface area contributed by atoms with E-state index in [0.29, 0.717) is 11.9 Å². The molecule has 1 aliphatic rings. The van der Waals surface area contributed by atoms with Gasteiger partial charge in [-0.1, -0.05) is 12.1 Å². The van der Waals surface area contributed by atoms with Crippen molar-refractivity contribution in [3.8, 4) is 11.4 Å². The number of fused-ring (bicyclic) bond motifs is 1. The van der Waals surface area contributed by atoms with Gasteiger partial charge in [-0.25, -0.2) is 19.9 Å².